The minimum absolute atomic E-state index is 0.355. The van der Waals surface area contributed by atoms with Crippen LogP contribution in [0.4, 0.5) is 5.69 Å². The Kier molecular flexibility index (Phi) is 6.95. The molecule has 1 atom stereocenters. The fourth-order valence-electron chi connectivity index (χ4n) is 1.58. The Morgan fingerprint density at radius 1 is 1.24 bits per heavy atom. The van der Waals surface area contributed by atoms with Crippen LogP contribution in [0.5, 0.6) is 0 Å². The lowest BCUT2D eigenvalue weighted by molar-refractivity contribution is -0.148. The first kappa shape index (κ1) is 16.7. The third kappa shape index (κ3) is 6.08. The summed E-state index contributed by atoms with van der Waals surface area (Å²) in [5.41, 5.74) is 1.88. The summed E-state index contributed by atoms with van der Waals surface area (Å²) in [6, 6.07) is 7.56. The van der Waals surface area contributed by atoms with Crippen LogP contribution in [0.2, 0.25) is 0 Å². The molecule has 1 N–H and O–H groups in total. The van der Waals surface area contributed by atoms with Crippen molar-refractivity contribution in [3.63, 3.8) is 0 Å². The summed E-state index contributed by atoms with van der Waals surface area (Å²) >= 11 is 0. The van der Waals surface area contributed by atoms with Gasteiger partial charge in [0.05, 0.1) is 0 Å². The van der Waals surface area contributed by atoms with Crippen LogP contribution in [0.15, 0.2) is 48.6 Å². The molecule has 0 aliphatic rings. The van der Waals surface area contributed by atoms with Crippen molar-refractivity contribution < 1.29 is 14.3 Å². The molecule has 0 aromatic heterocycles. The van der Waals surface area contributed by atoms with E-state index < -0.39 is 12.1 Å². The largest absolute Gasteiger partial charge is 0.449 e. The summed E-state index contributed by atoms with van der Waals surface area (Å²) in [4.78, 5) is 23.4. The number of allylic oxidation sites excluding steroid dienone is 3. The van der Waals surface area contributed by atoms with E-state index in [0.29, 0.717) is 5.69 Å². The van der Waals surface area contributed by atoms with Crippen LogP contribution in [-0.2, 0) is 20.7 Å². The van der Waals surface area contributed by atoms with E-state index in [-0.39, 0.29) is 5.91 Å². The molecule has 0 fully saturated rings. The molecule has 0 aliphatic heterocycles. The highest BCUT2D eigenvalue weighted by Crippen LogP contribution is 2.10. The second-order valence-corrected chi connectivity index (χ2v) is 4.50. The van der Waals surface area contributed by atoms with Crippen molar-refractivity contribution >= 4 is 17.6 Å². The van der Waals surface area contributed by atoms with Gasteiger partial charge in [0.25, 0.3) is 5.91 Å². The zero-order chi connectivity index (χ0) is 15.7. The minimum Gasteiger partial charge on any atom is -0.449 e. The van der Waals surface area contributed by atoms with Gasteiger partial charge in [0.2, 0.25) is 0 Å². The molecule has 0 radical (unpaired) electrons. The summed E-state index contributed by atoms with van der Waals surface area (Å²) in [7, 11) is 0. The Hall–Kier alpha value is -2.36. The molecular weight excluding hydrogens is 266 g/mol. The summed E-state index contributed by atoms with van der Waals surface area (Å²) in [5, 5.41) is 2.71. The Morgan fingerprint density at radius 3 is 2.48 bits per heavy atom. The molecular formula is C17H21NO3. The van der Waals surface area contributed by atoms with Gasteiger partial charge in [-0.1, -0.05) is 37.3 Å². The molecule has 1 amide bonds. The summed E-state index contributed by atoms with van der Waals surface area (Å²) in [6.07, 6.45) is 6.44. The van der Waals surface area contributed by atoms with Crippen LogP contribution in [0.3, 0.4) is 0 Å². The van der Waals surface area contributed by atoms with E-state index in [0.717, 1.165) is 6.42 Å². The lowest BCUT2D eigenvalue weighted by Crippen LogP contribution is -2.29. The van der Waals surface area contributed by atoms with E-state index >= 15 is 0 Å². The number of esters is 1. The molecule has 1 aromatic rings. The fraction of sp³-hybridized carbons (Fsp3) is 0.294. The number of benzene rings is 1. The molecule has 0 saturated carbocycles. The lowest BCUT2D eigenvalue weighted by atomic mass is 10.1. The number of nitrogens with one attached hydrogen (secondary N) is 1. The Morgan fingerprint density at radius 2 is 1.90 bits per heavy atom. The number of aryl methyl sites for hydroxylation is 1. The van der Waals surface area contributed by atoms with Crippen LogP contribution < -0.4 is 5.32 Å². The molecule has 112 valence electrons. The van der Waals surface area contributed by atoms with E-state index in [9.17, 15) is 9.59 Å². The Labute approximate surface area is 125 Å². The van der Waals surface area contributed by atoms with Gasteiger partial charge in [-0.2, -0.15) is 0 Å². The first-order valence-corrected chi connectivity index (χ1v) is 6.96. The number of hydrogen-bond acceptors (Lipinski definition) is 3. The summed E-state index contributed by atoms with van der Waals surface area (Å²) < 4.78 is 5.00. The molecule has 0 bridgehead atoms. The van der Waals surface area contributed by atoms with E-state index in [2.05, 4.69) is 12.2 Å². The highest BCUT2D eigenvalue weighted by Gasteiger charge is 2.16. The number of anilines is 1. The number of carbonyl (C=O) groups is 2. The van der Waals surface area contributed by atoms with Gasteiger partial charge in [0.1, 0.15) is 0 Å². The van der Waals surface area contributed by atoms with Gasteiger partial charge in [-0.25, -0.2) is 4.79 Å². The molecule has 4 nitrogen and oxygen atoms in total. The molecule has 21 heavy (non-hydrogen) atoms. The van der Waals surface area contributed by atoms with Crippen molar-refractivity contribution in [3.05, 3.63) is 54.1 Å². The smallest absolute Gasteiger partial charge is 0.331 e. The van der Waals surface area contributed by atoms with E-state index in [1.807, 2.05) is 31.2 Å². The molecule has 0 spiro atoms. The van der Waals surface area contributed by atoms with Gasteiger partial charge >= 0.3 is 5.97 Å². The highest BCUT2D eigenvalue weighted by atomic mass is 16.5. The standard InChI is InChI=1S/C17H21NO3/c1-4-6-7-8-16(19)21-13(3)17(20)18-15-11-9-14(5-2)10-12-15/h4,6-13H,5H2,1-3H3,(H,18,20)/b6-4+,8-7+. The first-order valence-electron chi connectivity index (χ1n) is 6.96. The average molecular weight is 287 g/mol. The van der Waals surface area contributed by atoms with Crippen molar-refractivity contribution in [2.45, 2.75) is 33.3 Å². The maximum Gasteiger partial charge on any atom is 0.331 e. The van der Waals surface area contributed by atoms with E-state index in [4.69, 9.17) is 4.74 Å². The van der Waals surface area contributed by atoms with Gasteiger partial charge in [0.15, 0.2) is 6.10 Å². The highest BCUT2D eigenvalue weighted by molar-refractivity contribution is 5.95. The zero-order valence-corrected chi connectivity index (χ0v) is 12.6. The second kappa shape index (κ2) is 8.74. The molecule has 1 unspecified atom stereocenters. The normalized spacial score (nSPS) is 12.5. The van der Waals surface area contributed by atoms with Gasteiger partial charge in [0, 0.05) is 11.8 Å². The molecule has 0 heterocycles. The molecule has 0 saturated heterocycles. The van der Waals surface area contributed by atoms with Gasteiger partial charge in [-0.15, -0.1) is 0 Å². The van der Waals surface area contributed by atoms with Crippen molar-refractivity contribution in [3.8, 4) is 0 Å². The number of hydrogen-bond donors (Lipinski definition) is 1. The predicted molar refractivity (Wildman–Crippen MR) is 84.0 cm³/mol. The monoisotopic (exact) mass is 287 g/mol. The number of ether oxygens (including phenoxy) is 1. The summed E-state index contributed by atoms with van der Waals surface area (Å²) in [5.74, 6) is -0.899. The third-order valence-corrected chi connectivity index (χ3v) is 2.83. The van der Waals surface area contributed by atoms with Crippen molar-refractivity contribution in [1.29, 1.82) is 0 Å². The topological polar surface area (TPSA) is 55.4 Å². The molecule has 1 rings (SSSR count). The Balaban J connectivity index is 2.51. The first-order chi connectivity index (χ1) is 10.1. The van der Waals surface area contributed by atoms with E-state index in [1.165, 1.54) is 18.6 Å². The lowest BCUT2D eigenvalue weighted by Gasteiger charge is -2.12. The van der Waals surface area contributed by atoms with Crippen LogP contribution in [-0.4, -0.2) is 18.0 Å². The van der Waals surface area contributed by atoms with Crippen LogP contribution in [0.25, 0.3) is 0 Å². The number of amides is 1. The number of carbonyl (C=O) groups excluding carboxylic acids is 2. The minimum atomic E-state index is -0.849. The maximum absolute atomic E-state index is 11.9. The average Bonchev–Trinajstić information content (AvgIpc) is 2.48. The van der Waals surface area contributed by atoms with Crippen LogP contribution in [0.1, 0.15) is 26.3 Å². The second-order valence-electron chi connectivity index (χ2n) is 4.50. The van der Waals surface area contributed by atoms with Crippen LogP contribution >= 0.6 is 0 Å². The zero-order valence-electron chi connectivity index (χ0n) is 12.6. The predicted octanol–water partition coefficient (Wildman–Crippen LogP) is 3.25. The van der Waals surface area contributed by atoms with Gasteiger partial charge in [-0.3, -0.25) is 4.79 Å². The maximum atomic E-state index is 11.9. The summed E-state index contributed by atoms with van der Waals surface area (Å²) in [6.45, 7) is 5.45. The quantitative estimate of drug-likeness (QED) is 0.496. The molecule has 1 aromatic carbocycles. The van der Waals surface area contributed by atoms with Crippen LogP contribution in [0, 0.1) is 0 Å². The molecule has 0 aliphatic carbocycles. The van der Waals surface area contributed by atoms with Crippen molar-refractivity contribution in [2.24, 2.45) is 0 Å². The molecule has 4 heteroatoms. The van der Waals surface area contributed by atoms with Gasteiger partial charge < -0.3 is 10.1 Å². The van der Waals surface area contributed by atoms with Gasteiger partial charge in [-0.05, 0) is 38.0 Å². The van der Waals surface area contributed by atoms with Crippen molar-refractivity contribution in [2.75, 3.05) is 5.32 Å². The number of rotatable bonds is 6. The van der Waals surface area contributed by atoms with E-state index in [1.54, 1.807) is 18.2 Å². The van der Waals surface area contributed by atoms with Crippen molar-refractivity contribution in [1.82, 2.24) is 0 Å². The SMILES string of the molecule is C/C=C/C=C/C(=O)OC(C)C(=O)Nc1ccc(CC)cc1. The Bertz CT molecular complexity index is 529. The third-order valence-electron chi connectivity index (χ3n) is 2.83. The fourth-order valence-corrected chi connectivity index (χ4v) is 1.58.